The lowest BCUT2D eigenvalue weighted by molar-refractivity contribution is -0.0951. The number of halogens is 1. The number of benzene rings is 1. The van der Waals surface area contributed by atoms with Crippen LogP contribution in [0.5, 0.6) is 0 Å². The molecular formula is C22H23FN2O. The molecule has 1 saturated carbocycles. The highest BCUT2D eigenvalue weighted by Crippen LogP contribution is 2.58. The molecule has 0 bridgehead atoms. The van der Waals surface area contributed by atoms with Crippen molar-refractivity contribution in [2.24, 2.45) is 5.41 Å². The van der Waals surface area contributed by atoms with Crippen LogP contribution in [0.2, 0.25) is 0 Å². The highest BCUT2D eigenvalue weighted by molar-refractivity contribution is 5.62. The first-order chi connectivity index (χ1) is 12.5. The van der Waals surface area contributed by atoms with Crippen LogP contribution >= 0.6 is 0 Å². The van der Waals surface area contributed by atoms with Gasteiger partial charge in [-0.05, 0) is 67.2 Å². The molecule has 26 heavy (non-hydrogen) atoms. The Kier molecular flexibility index (Phi) is 3.32. The molecule has 1 aliphatic heterocycles. The minimum absolute atomic E-state index is 0.00561. The van der Waals surface area contributed by atoms with Gasteiger partial charge in [-0.3, -0.25) is 0 Å². The number of nitrogens with zero attached hydrogens (tertiary/aromatic N) is 2. The van der Waals surface area contributed by atoms with Crippen LogP contribution in [-0.2, 0) is 11.2 Å². The Hall–Kier alpha value is -2.20. The summed E-state index contributed by atoms with van der Waals surface area (Å²) in [5.74, 6) is -0.228. The second kappa shape index (κ2) is 5.40. The van der Waals surface area contributed by atoms with Gasteiger partial charge >= 0.3 is 0 Å². The van der Waals surface area contributed by atoms with Gasteiger partial charge in [-0.2, -0.15) is 5.10 Å². The van der Waals surface area contributed by atoms with Gasteiger partial charge in [0.05, 0.1) is 29.8 Å². The molecule has 1 spiro atoms. The lowest BCUT2D eigenvalue weighted by atomic mass is 9.56. The van der Waals surface area contributed by atoms with E-state index in [-0.39, 0.29) is 16.8 Å². The minimum atomic E-state index is -0.228. The summed E-state index contributed by atoms with van der Waals surface area (Å²) in [6.07, 6.45) is 9.51. The van der Waals surface area contributed by atoms with E-state index in [0.717, 1.165) is 43.5 Å². The Morgan fingerprint density at radius 2 is 2.04 bits per heavy atom. The van der Waals surface area contributed by atoms with Crippen molar-refractivity contribution in [3.05, 3.63) is 65.3 Å². The van der Waals surface area contributed by atoms with E-state index in [1.54, 1.807) is 12.1 Å². The van der Waals surface area contributed by atoms with Crippen molar-refractivity contribution in [1.29, 1.82) is 0 Å². The average molecular weight is 350 g/mol. The van der Waals surface area contributed by atoms with Crippen LogP contribution in [0.15, 0.2) is 48.2 Å². The molecule has 3 nitrogen and oxygen atoms in total. The highest BCUT2D eigenvalue weighted by Gasteiger charge is 2.56. The minimum Gasteiger partial charge on any atom is -0.369 e. The van der Waals surface area contributed by atoms with Gasteiger partial charge in [-0.15, -0.1) is 0 Å². The highest BCUT2D eigenvalue weighted by atomic mass is 19.1. The zero-order valence-electron chi connectivity index (χ0n) is 15.1. The first-order valence-electron chi connectivity index (χ1n) is 9.35. The SMILES string of the molecule is C=C1CO[C@]2(CCCC3=Cc4c(cnn4-c4ccc(F)cc4)C[C@@]32C)C1. The van der Waals surface area contributed by atoms with Crippen LogP contribution in [0.3, 0.4) is 0 Å². The van der Waals surface area contributed by atoms with Crippen LogP contribution in [0.25, 0.3) is 11.8 Å². The van der Waals surface area contributed by atoms with Gasteiger partial charge in [-0.1, -0.05) is 19.1 Å². The quantitative estimate of drug-likeness (QED) is 0.687. The molecule has 2 aromatic rings. The summed E-state index contributed by atoms with van der Waals surface area (Å²) in [6.45, 7) is 7.22. The summed E-state index contributed by atoms with van der Waals surface area (Å²) >= 11 is 0. The Labute approximate surface area is 153 Å². The fourth-order valence-corrected chi connectivity index (χ4v) is 5.19. The van der Waals surface area contributed by atoms with Gasteiger partial charge < -0.3 is 4.74 Å². The predicted octanol–water partition coefficient (Wildman–Crippen LogP) is 4.86. The van der Waals surface area contributed by atoms with E-state index in [4.69, 9.17) is 4.74 Å². The predicted molar refractivity (Wildman–Crippen MR) is 99.6 cm³/mol. The Morgan fingerprint density at radius 1 is 1.23 bits per heavy atom. The second-order valence-electron chi connectivity index (χ2n) is 8.19. The van der Waals surface area contributed by atoms with Crippen LogP contribution < -0.4 is 0 Å². The lowest BCUT2D eigenvalue weighted by Crippen LogP contribution is -2.52. The molecule has 2 fully saturated rings. The Morgan fingerprint density at radius 3 is 2.77 bits per heavy atom. The third-order valence-electron chi connectivity index (χ3n) is 6.64. The topological polar surface area (TPSA) is 27.1 Å². The molecule has 4 heteroatoms. The van der Waals surface area contributed by atoms with Crippen molar-refractivity contribution >= 4 is 6.08 Å². The van der Waals surface area contributed by atoms with Gasteiger partial charge in [0.25, 0.3) is 0 Å². The molecule has 0 radical (unpaired) electrons. The van der Waals surface area contributed by atoms with Gasteiger partial charge in [0.1, 0.15) is 5.82 Å². The molecule has 1 saturated heterocycles. The van der Waals surface area contributed by atoms with Crippen molar-refractivity contribution in [3.8, 4) is 5.69 Å². The molecule has 0 N–H and O–H groups in total. The molecule has 0 amide bonds. The lowest BCUT2D eigenvalue weighted by Gasteiger charge is -2.52. The van der Waals surface area contributed by atoms with Crippen molar-refractivity contribution < 1.29 is 9.13 Å². The van der Waals surface area contributed by atoms with E-state index in [1.807, 2.05) is 10.9 Å². The number of ether oxygens (including phenoxy) is 1. The maximum atomic E-state index is 13.3. The Balaban J connectivity index is 1.60. The molecule has 2 heterocycles. The van der Waals surface area contributed by atoms with E-state index in [0.29, 0.717) is 6.61 Å². The zero-order chi connectivity index (χ0) is 17.9. The summed E-state index contributed by atoms with van der Waals surface area (Å²) < 4.78 is 21.6. The first kappa shape index (κ1) is 16.0. The largest absolute Gasteiger partial charge is 0.369 e. The van der Waals surface area contributed by atoms with Gasteiger partial charge in [0.2, 0.25) is 0 Å². The molecule has 134 valence electrons. The van der Waals surface area contributed by atoms with Crippen molar-refractivity contribution in [2.45, 2.75) is 44.6 Å². The molecule has 3 aliphatic rings. The molecule has 1 aromatic carbocycles. The number of rotatable bonds is 1. The van der Waals surface area contributed by atoms with Crippen LogP contribution in [-0.4, -0.2) is 22.0 Å². The first-order valence-corrected chi connectivity index (χ1v) is 9.35. The monoisotopic (exact) mass is 350 g/mol. The fraction of sp³-hybridized carbons (Fsp3) is 0.409. The summed E-state index contributed by atoms with van der Waals surface area (Å²) in [4.78, 5) is 0. The Bertz CT molecular complexity index is 926. The number of fused-ring (bicyclic) bond motifs is 3. The summed E-state index contributed by atoms with van der Waals surface area (Å²) in [6, 6.07) is 6.52. The number of hydrogen-bond donors (Lipinski definition) is 0. The van der Waals surface area contributed by atoms with E-state index >= 15 is 0 Å². The maximum absolute atomic E-state index is 13.3. The summed E-state index contributed by atoms with van der Waals surface area (Å²) in [5.41, 5.74) is 5.79. The third kappa shape index (κ3) is 2.11. The molecule has 2 atom stereocenters. The van der Waals surface area contributed by atoms with Crippen molar-refractivity contribution in [1.82, 2.24) is 9.78 Å². The van der Waals surface area contributed by atoms with Crippen LogP contribution in [0, 0.1) is 11.2 Å². The standard InChI is InChI=1S/C22H23FN2O/c1-15-11-22(26-14-15)9-3-4-17-10-20-16(12-21(17,22)2)13-24-25(20)19-7-5-18(23)6-8-19/h5-8,10,13H,1,3-4,9,11-12,14H2,2H3/t21-,22+/m0/s1. The zero-order valence-corrected chi connectivity index (χ0v) is 15.1. The molecular weight excluding hydrogens is 327 g/mol. The van der Waals surface area contributed by atoms with E-state index < -0.39 is 0 Å². The number of hydrogen-bond acceptors (Lipinski definition) is 2. The van der Waals surface area contributed by atoms with E-state index in [9.17, 15) is 4.39 Å². The van der Waals surface area contributed by atoms with Crippen molar-refractivity contribution in [2.75, 3.05) is 6.61 Å². The average Bonchev–Trinajstić information content (AvgIpc) is 3.19. The van der Waals surface area contributed by atoms with E-state index in [1.165, 1.54) is 28.8 Å². The van der Waals surface area contributed by atoms with Crippen LogP contribution in [0.4, 0.5) is 4.39 Å². The van der Waals surface area contributed by atoms with E-state index in [2.05, 4.69) is 24.7 Å². The molecule has 2 aliphatic carbocycles. The maximum Gasteiger partial charge on any atom is 0.123 e. The van der Waals surface area contributed by atoms with Gasteiger partial charge in [0.15, 0.2) is 0 Å². The normalized spacial score (nSPS) is 30.2. The van der Waals surface area contributed by atoms with Gasteiger partial charge in [0, 0.05) is 11.8 Å². The summed E-state index contributed by atoms with van der Waals surface area (Å²) in [5, 5.41) is 4.61. The smallest absolute Gasteiger partial charge is 0.123 e. The third-order valence-corrected chi connectivity index (χ3v) is 6.64. The number of aromatic nitrogens is 2. The molecule has 0 unspecified atom stereocenters. The van der Waals surface area contributed by atoms with Crippen molar-refractivity contribution in [3.63, 3.8) is 0 Å². The summed E-state index contributed by atoms with van der Waals surface area (Å²) in [7, 11) is 0. The second-order valence-corrected chi connectivity index (χ2v) is 8.19. The molecule has 1 aromatic heterocycles. The molecule has 5 rings (SSSR count). The van der Waals surface area contributed by atoms with Crippen LogP contribution in [0.1, 0.15) is 43.9 Å². The van der Waals surface area contributed by atoms with Gasteiger partial charge in [-0.25, -0.2) is 9.07 Å². The fourth-order valence-electron chi connectivity index (χ4n) is 5.19.